The van der Waals surface area contributed by atoms with Crippen molar-refractivity contribution in [2.24, 2.45) is 0 Å². The highest BCUT2D eigenvalue weighted by molar-refractivity contribution is 5.92. The molecule has 0 spiro atoms. The molecule has 0 fully saturated rings. The quantitative estimate of drug-likeness (QED) is 0.488. The highest BCUT2D eigenvalue weighted by atomic mass is 16.5. The van der Waals surface area contributed by atoms with E-state index in [4.69, 9.17) is 14.2 Å². The first-order valence-corrected chi connectivity index (χ1v) is 9.44. The zero-order chi connectivity index (χ0) is 22.1. The summed E-state index contributed by atoms with van der Waals surface area (Å²) in [4.78, 5) is 23.8. The molecule has 0 heterocycles. The zero-order valence-corrected chi connectivity index (χ0v) is 17.2. The summed E-state index contributed by atoms with van der Waals surface area (Å²) in [5.41, 5.74) is 2.45. The topological polar surface area (TPSA) is 73.9 Å². The number of hydrogen-bond donors (Lipinski definition) is 1. The molecule has 6 heteroatoms. The first-order valence-electron chi connectivity index (χ1n) is 9.44. The van der Waals surface area contributed by atoms with E-state index in [1.807, 2.05) is 12.1 Å². The normalized spacial score (nSPS) is 9.74. The van der Waals surface area contributed by atoms with Gasteiger partial charge in [-0.05, 0) is 60.7 Å². The number of hydrogen-bond acceptors (Lipinski definition) is 5. The Morgan fingerprint density at radius 2 is 1.48 bits per heavy atom. The van der Waals surface area contributed by atoms with Crippen LogP contribution in [0.1, 0.15) is 21.5 Å². The first-order chi connectivity index (χ1) is 15.1. The van der Waals surface area contributed by atoms with E-state index < -0.39 is 5.97 Å². The van der Waals surface area contributed by atoms with Gasteiger partial charge >= 0.3 is 5.97 Å². The summed E-state index contributed by atoms with van der Waals surface area (Å²) in [5, 5.41) is 2.79. The van der Waals surface area contributed by atoms with Crippen molar-refractivity contribution in [3.63, 3.8) is 0 Å². The summed E-state index contributed by atoms with van der Waals surface area (Å²) in [6.45, 7) is -0.122. The van der Waals surface area contributed by atoms with E-state index in [0.717, 1.165) is 5.56 Å². The van der Waals surface area contributed by atoms with Crippen molar-refractivity contribution in [1.29, 1.82) is 0 Å². The summed E-state index contributed by atoms with van der Waals surface area (Å²) in [6.07, 6.45) is 0. The second-order valence-electron chi connectivity index (χ2n) is 6.42. The number of rotatable bonds is 6. The number of nitrogens with one attached hydrogen (secondary N) is 1. The maximum atomic E-state index is 12.2. The lowest BCUT2D eigenvalue weighted by molar-refractivity contribution is -0.118. The van der Waals surface area contributed by atoms with Gasteiger partial charge in [0.15, 0.2) is 6.61 Å². The fourth-order valence-corrected chi connectivity index (χ4v) is 2.68. The number of carbonyl (C=O) groups excluding carboxylic acids is 2. The Labute approximate surface area is 180 Å². The van der Waals surface area contributed by atoms with Gasteiger partial charge in [-0.25, -0.2) is 4.79 Å². The molecule has 0 radical (unpaired) electrons. The molecule has 6 nitrogen and oxygen atoms in total. The third kappa shape index (κ3) is 6.38. The lowest BCUT2D eigenvalue weighted by Crippen LogP contribution is -2.20. The Morgan fingerprint density at radius 3 is 2.16 bits per heavy atom. The lowest BCUT2D eigenvalue weighted by Gasteiger charge is -2.08. The Hall–Kier alpha value is -4.24. The van der Waals surface area contributed by atoms with Gasteiger partial charge in [0.05, 0.1) is 19.8 Å². The molecule has 1 amide bonds. The van der Waals surface area contributed by atoms with Crippen LogP contribution in [0.5, 0.6) is 11.5 Å². The minimum absolute atomic E-state index is 0.122. The van der Waals surface area contributed by atoms with Gasteiger partial charge in [0, 0.05) is 16.8 Å². The van der Waals surface area contributed by atoms with Crippen LogP contribution in [0.3, 0.4) is 0 Å². The standard InChI is InChI=1S/C25H21NO5/c1-29-22-11-13-23(14-12-22)31-17-24(27)26-21-8-4-6-19(16-21)10-9-18-5-3-7-20(15-18)25(28)30-2/h3-8,11-16H,17H2,1-2H3,(H,26,27). The first kappa shape index (κ1) is 21.5. The van der Waals surface area contributed by atoms with Crippen LogP contribution >= 0.6 is 0 Å². The van der Waals surface area contributed by atoms with Gasteiger partial charge in [-0.3, -0.25) is 4.79 Å². The van der Waals surface area contributed by atoms with Crippen LogP contribution in [0.2, 0.25) is 0 Å². The average Bonchev–Trinajstić information content (AvgIpc) is 2.81. The van der Waals surface area contributed by atoms with Crippen molar-refractivity contribution in [3.05, 3.63) is 89.5 Å². The number of methoxy groups -OCH3 is 2. The zero-order valence-electron chi connectivity index (χ0n) is 17.2. The molecule has 31 heavy (non-hydrogen) atoms. The molecule has 0 unspecified atom stereocenters. The summed E-state index contributed by atoms with van der Waals surface area (Å²) >= 11 is 0. The van der Waals surface area contributed by atoms with E-state index in [2.05, 4.69) is 17.2 Å². The predicted molar refractivity (Wildman–Crippen MR) is 117 cm³/mol. The van der Waals surface area contributed by atoms with Crippen LogP contribution in [0.15, 0.2) is 72.8 Å². The molecule has 0 aromatic heterocycles. The number of ether oxygens (including phenoxy) is 3. The molecule has 0 bridgehead atoms. The monoisotopic (exact) mass is 415 g/mol. The smallest absolute Gasteiger partial charge is 0.337 e. The summed E-state index contributed by atoms with van der Waals surface area (Å²) in [6, 6.07) is 21.0. The van der Waals surface area contributed by atoms with E-state index in [1.54, 1.807) is 67.8 Å². The van der Waals surface area contributed by atoms with Gasteiger partial charge in [0.1, 0.15) is 11.5 Å². The van der Waals surface area contributed by atoms with Gasteiger partial charge in [-0.1, -0.05) is 24.0 Å². The van der Waals surface area contributed by atoms with Crippen molar-refractivity contribution < 1.29 is 23.8 Å². The van der Waals surface area contributed by atoms with Crippen molar-refractivity contribution in [1.82, 2.24) is 0 Å². The van der Waals surface area contributed by atoms with Crippen LogP contribution in [0.4, 0.5) is 5.69 Å². The molecule has 3 aromatic rings. The second kappa shape index (κ2) is 10.5. The highest BCUT2D eigenvalue weighted by Gasteiger charge is 2.06. The van der Waals surface area contributed by atoms with E-state index in [9.17, 15) is 9.59 Å². The Kier molecular flexibility index (Phi) is 7.28. The molecule has 0 aliphatic carbocycles. The van der Waals surface area contributed by atoms with Gasteiger partial charge < -0.3 is 19.5 Å². The van der Waals surface area contributed by atoms with E-state index >= 15 is 0 Å². The average molecular weight is 415 g/mol. The molecular formula is C25H21NO5. The summed E-state index contributed by atoms with van der Waals surface area (Å²) in [7, 11) is 2.92. The highest BCUT2D eigenvalue weighted by Crippen LogP contribution is 2.17. The van der Waals surface area contributed by atoms with Gasteiger partial charge in [-0.2, -0.15) is 0 Å². The van der Waals surface area contributed by atoms with Gasteiger partial charge in [-0.15, -0.1) is 0 Å². The van der Waals surface area contributed by atoms with Crippen LogP contribution < -0.4 is 14.8 Å². The molecular weight excluding hydrogens is 394 g/mol. The van der Waals surface area contributed by atoms with Crippen LogP contribution in [-0.4, -0.2) is 32.7 Å². The molecule has 1 N–H and O–H groups in total. The summed E-state index contributed by atoms with van der Waals surface area (Å²) in [5.74, 6) is 6.63. The third-order valence-electron chi connectivity index (χ3n) is 4.21. The number of benzene rings is 3. The molecule has 0 saturated heterocycles. The lowest BCUT2D eigenvalue weighted by atomic mass is 10.1. The SMILES string of the molecule is COC(=O)c1cccc(C#Cc2cccc(NC(=O)COc3ccc(OC)cc3)c2)c1. The number of esters is 1. The minimum Gasteiger partial charge on any atom is -0.497 e. The minimum atomic E-state index is -0.412. The molecule has 0 atom stereocenters. The van der Waals surface area contributed by atoms with E-state index in [1.165, 1.54) is 7.11 Å². The fraction of sp³-hybridized carbons (Fsp3) is 0.120. The Morgan fingerprint density at radius 1 is 0.839 bits per heavy atom. The Balaban J connectivity index is 1.61. The van der Waals surface area contributed by atoms with Crippen LogP contribution in [0, 0.1) is 11.8 Å². The predicted octanol–water partition coefficient (Wildman–Crippen LogP) is 3.90. The number of amides is 1. The maximum absolute atomic E-state index is 12.2. The third-order valence-corrected chi connectivity index (χ3v) is 4.21. The fourth-order valence-electron chi connectivity index (χ4n) is 2.68. The van der Waals surface area contributed by atoms with Crippen molar-refractivity contribution in [2.75, 3.05) is 26.1 Å². The molecule has 0 aliphatic rings. The van der Waals surface area contributed by atoms with Gasteiger partial charge in [0.2, 0.25) is 0 Å². The Bertz CT molecular complexity index is 1130. The van der Waals surface area contributed by atoms with Gasteiger partial charge in [0.25, 0.3) is 5.91 Å². The number of carbonyl (C=O) groups is 2. The van der Waals surface area contributed by atoms with Crippen molar-refractivity contribution in [2.45, 2.75) is 0 Å². The number of anilines is 1. The second-order valence-corrected chi connectivity index (χ2v) is 6.42. The molecule has 0 aliphatic heterocycles. The van der Waals surface area contributed by atoms with Crippen molar-refractivity contribution >= 4 is 17.6 Å². The molecule has 3 aromatic carbocycles. The summed E-state index contributed by atoms with van der Waals surface area (Å²) < 4.78 is 15.3. The molecule has 3 rings (SSSR count). The molecule has 0 saturated carbocycles. The van der Waals surface area contributed by atoms with Crippen molar-refractivity contribution in [3.8, 4) is 23.3 Å². The van der Waals surface area contributed by atoms with E-state index in [0.29, 0.717) is 28.3 Å². The molecule has 156 valence electrons. The maximum Gasteiger partial charge on any atom is 0.337 e. The van der Waals surface area contributed by atoms with Crippen LogP contribution in [0.25, 0.3) is 0 Å². The largest absolute Gasteiger partial charge is 0.497 e. The van der Waals surface area contributed by atoms with E-state index in [-0.39, 0.29) is 12.5 Å². The van der Waals surface area contributed by atoms with Crippen LogP contribution in [-0.2, 0) is 9.53 Å².